The van der Waals surface area contributed by atoms with Crippen molar-refractivity contribution in [3.05, 3.63) is 77.9 Å². The third-order valence-electron chi connectivity index (χ3n) is 4.17. The van der Waals surface area contributed by atoms with Gasteiger partial charge in [-0.3, -0.25) is 4.98 Å². The predicted molar refractivity (Wildman–Crippen MR) is 91.6 cm³/mol. The van der Waals surface area contributed by atoms with Crippen molar-refractivity contribution in [2.45, 2.75) is 0 Å². The van der Waals surface area contributed by atoms with Gasteiger partial charge in [-0.25, -0.2) is 13.2 Å². The molecule has 0 amide bonds. The molecule has 0 bridgehead atoms. The zero-order valence-corrected chi connectivity index (χ0v) is 13.2. The number of fused-ring (bicyclic) bond motifs is 1. The molecule has 0 aliphatic rings. The van der Waals surface area contributed by atoms with Gasteiger partial charge < -0.3 is 4.98 Å². The number of H-pyrrole nitrogens is 1. The molecule has 2 aromatic heterocycles. The standard InChI is InChI=1S/C20H10F3N3/c21-12-6-13-15(9-25-20(13)16(22)7-12)19-14(8-24)18(17(23)10-26-19)11-4-2-1-3-5-11/h1-7,9-10,25H. The second kappa shape index (κ2) is 6.05. The van der Waals surface area contributed by atoms with Crippen molar-refractivity contribution in [2.24, 2.45) is 0 Å². The third kappa shape index (κ3) is 2.42. The molecule has 2 aromatic carbocycles. The minimum absolute atomic E-state index is 0.00164. The Morgan fingerprint density at radius 2 is 1.77 bits per heavy atom. The molecule has 6 heteroatoms. The topological polar surface area (TPSA) is 52.5 Å². The summed E-state index contributed by atoms with van der Waals surface area (Å²) in [6.45, 7) is 0. The van der Waals surface area contributed by atoms with Gasteiger partial charge in [0.05, 0.1) is 23.0 Å². The lowest BCUT2D eigenvalue weighted by molar-refractivity contribution is 0.591. The van der Waals surface area contributed by atoms with E-state index in [4.69, 9.17) is 0 Å². The summed E-state index contributed by atoms with van der Waals surface area (Å²) in [7, 11) is 0. The van der Waals surface area contributed by atoms with Crippen molar-refractivity contribution >= 4 is 10.9 Å². The summed E-state index contributed by atoms with van der Waals surface area (Å²) in [5, 5.41) is 9.88. The zero-order chi connectivity index (χ0) is 18.3. The summed E-state index contributed by atoms with van der Waals surface area (Å²) >= 11 is 0. The van der Waals surface area contributed by atoms with E-state index in [2.05, 4.69) is 9.97 Å². The van der Waals surface area contributed by atoms with Gasteiger partial charge in [0, 0.05) is 28.8 Å². The van der Waals surface area contributed by atoms with Crippen LogP contribution in [0, 0.1) is 28.8 Å². The van der Waals surface area contributed by atoms with E-state index in [0.29, 0.717) is 11.1 Å². The quantitative estimate of drug-likeness (QED) is 0.542. The lowest BCUT2D eigenvalue weighted by Crippen LogP contribution is -1.97. The Bertz CT molecular complexity index is 1170. The van der Waals surface area contributed by atoms with Gasteiger partial charge >= 0.3 is 0 Å². The molecule has 126 valence electrons. The SMILES string of the molecule is N#Cc1c(-c2c[nH]c3c(F)cc(F)cc23)ncc(F)c1-c1ccccc1. The molecule has 4 aromatic rings. The average Bonchev–Trinajstić information content (AvgIpc) is 3.06. The average molecular weight is 349 g/mol. The van der Waals surface area contributed by atoms with Crippen LogP contribution in [0.3, 0.4) is 0 Å². The number of rotatable bonds is 2. The number of hydrogen-bond donors (Lipinski definition) is 1. The number of benzene rings is 2. The lowest BCUT2D eigenvalue weighted by atomic mass is 9.96. The molecule has 1 N–H and O–H groups in total. The van der Waals surface area contributed by atoms with Crippen molar-refractivity contribution in [3.63, 3.8) is 0 Å². The molecule has 0 radical (unpaired) electrons. The Balaban J connectivity index is 2.04. The first kappa shape index (κ1) is 15.9. The van der Waals surface area contributed by atoms with Crippen LogP contribution in [-0.2, 0) is 0 Å². The Labute approximate surface area is 146 Å². The number of hydrogen-bond acceptors (Lipinski definition) is 2. The Hall–Kier alpha value is -3.59. The van der Waals surface area contributed by atoms with Gasteiger partial charge in [0.15, 0.2) is 5.82 Å². The van der Waals surface area contributed by atoms with E-state index in [1.165, 1.54) is 6.20 Å². The van der Waals surface area contributed by atoms with Crippen LogP contribution in [0.2, 0.25) is 0 Å². The number of nitrogens with zero attached hydrogens (tertiary/aromatic N) is 2. The Morgan fingerprint density at radius 1 is 1.00 bits per heavy atom. The summed E-state index contributed by atoms with van der Waals surface area (Å²) in [5.41, 5.74) is 1.20. The number of pyridine rings is 1. The summed E-state index contributed by atoms with van der Waals surface area (Å²) in [5.74, 6) is -2.15. The fourth-order valence-electron chi connectivity index (χ4n) is 3.04. The number of halogens is 3. The zero-order valence-electron chi connectivity index (χ0n) is 13.2. The van der Waals surface area contributed by atoms with Gasteiger partial charge in [0.2, 0.25) is 0 Å². The molecule has 0 spiro atoms. The maximum absolute atomic E-state index is 14.4. The van der Waals surface area contributed by atoms with Crippen LogP contribution < -0.4 is 0 Å². The summed E-state index contributed by atoms with van der Waals surface area (Å²) < 4.78 is 42.1. The van der Waals surface area contributed by atoms with Crippen LogP contribution in [0.1, 0.15) is 5.56 Å². The highest BCUT2D eigenvalue weighted by molar-refractivity contribution is 5.97. The van der Waals surface area contributed by atoms with Crippen LogP contribution in [0.4, 0.5) is 13.2 Å². The highest BCUT2D eigenvalue weighted by atomic mass is 19.1. The second-order valence-corrected chi connectivity index (χ2v) is 5.70. The monoisotopic (exact) mass is 349 g/mol. The van der Waals surface area contributed by atoms with E-state index in [1.807, 2.05) is 6.07 Å². The lowest BCUT2D eigenvalue weighted by Gasteiger charge is -2.10. The number of nitriles is 1. The first-order chi connectivity index (χ1) is 12.6. The summed E-state index contributed by atoms with van der Waals surface area (Å²) in [6.07, 6.45) is 2.44. The van der Waals surface area contributed by atoms with Crippen molar-refractivity contribution < 1.29 is 13.2 Å². The van der Waals surface area contributed by atoms with Crippen LogP contribution in [-0.4, -0.2) is 9.97 Å². The van der Waals surface area contributed by atoms with Crippen molar-refractivity contribution in [2.75, 3.05) is 0 Å². The van der Waals surface area contributed by atoms with Crippen LogP contribution in [0.5, 0.6) is 0 Å². The van der Waals surface area contributed by atoms with E-state index in [9.17, 15) is 18.4 Å². The number of aromatic amines is 1. The first-order valence-corrected chi connectivity index (χ1v) is 7.70. The maximum Gasteiger partial charge on any atom is 0.150 e. The molecule has 0 aliphatic carbocycles. The van der Waals surface area contributed by atoms with Crippen LogP contribution >= 0.6 is 0 Å². The number of nitrogens with one attached hydrogen (secondary N) is 1. The number of aromatic nitrogens is 2. The van der Waals surface area contributed by atoms with Crippen LogP contribution in [0.15, 0.2) is 54.9 Å². The van der Waals surface area contributed by atoms with E-state index >= 15 is 0 Å². The molecule has 0 fully saturated rings. The van der Waals surface area contributed by atoms with Crippen LogP contribution in [0.25, 0.3) is 33.3 Å². The molecule has 0 saturated heterocycles. The summed E-state index contributed by atoms with van der Waals surface area (Å²) in [6, 6.07) is 12.5. The normalized spacial score (nSPS) is 10.8. The molecule has 0 aliphatic heterocycles. The fourth-order valence-corrected chi connectivity index (χ4v) is 3.04. The van der Waals surface area contributed by atoms with Gasteiger partial charge in [-0.2, -0.15) is 5.26 Å². The molecule has 26 heavy (non-hydrogen) atoms. The predicted octanol–water partition coefficient (Wildman–Crippen LogP) is 5.19. The van der Waals surface area contributed by atoms with Gasteiger partial charge in [-0.05, 0) is 11.6 Å². The molecule has 0 saturated carbocycles. The molecule has 3 nitrogen and oxygen atoms in total. The van der Waals surface area contributed by atoms with Gasteiger partial charge in [-0.1, -0.05) is 30.3 Å². The van der Waals surface area contributed by atoms with E-state index in [1.54, 1.807) is 30.3 Å². The second-order valence-electron chi connectivity index (χ2n) is 5.70. The van der Waals surface area contributed by atoms with Gasteiger partial charge in [0.1, 0.15) is 17.7 Å². The molecular weight excluding hydrogens is 339 g/mol. The largest absolute Gasteiger partial charge is 0.358 e. The minimum Gasteiger partial charge on any atom is -0.358 e. The highest BCUT2D eigenvalue weighted by Crippen LogP contribution is 2.36. The summed E-state index contributed by atoms with van der Waals surface area (Å²) in [4.78, 5) is 6.75. The van der Waals surface area contributed by atoms with Gasteiger partial charge in [-0.15, -0.1) is 0 Å². The molecule has 2 heterocycles. The minimum atomic E-state index is -0.754. The Kier molecular flexibility index (Phi) is 3.70. The molecule has 0 unspecified atom stereocenters. The Morgan fingerprint density at radius 3 is 2.50 bits per heavy atom. The van der Waals surface area contributed by atoms with Crippen molar-refractivity contribution in [3.8, 4) is 28.5 Å². The maximum atomic E-state index is 14.4. The molecular formula is C20H10F3N3. The smallest absolute Gasteiger partial charge is 0.150 e. The fraction of sp³-hybridized carbons (Fsp3) is 0. The third-order valence-corrected chi connectivity index (χ3v) is 4.17. The van der Waals surface area contributed by atoms with Gasteiger partial charge in [0.25, 0.3) is 0 Å². The highest BCUT2D eigenvalue weighted by Gasteiger charge is 2.21. The van der Waals surface area contributed by atoms with Crippen molar-refractivity contribution in [1.82, 2.24) is 9.97 Å². The molecule has 4 rings (SSSR count). The van der Waals surface area contributed by atoms with Crippen molar-refractivity contribution in [1.29, 1.82) is 5.26 Å². The van der Waals surface area contributed by atoms with E-state index < -0.39 is 17.5 Å². The molecule has 0 atom stereocenters. The van der Waals surface area contributed by atoms with E-state index in [-0.39, 0.29) is 27.7 Å². The first-order valence-electron chi connectivity index (χ1n) is 7.70. The van der Waals surface area contributed by atoms with E-state index in [0.717, 1.165) is 18.3 Å².